The molecule has 0 saturated heterocycles. The van der Waals surface area contributed by atoms with Gasteiger partial charge in [-0.1, -0.05) is 41.7 Å². The summed E-state index contributed by atoms with van der Waals surface area (Å²) in [4.78, 5) is 7.40. The molecular weight excluding hydrogens is 444 g/mol. The fourth-order valence-electron chi connectivity index (χ4n) is 3.83. The van der Waals surface area contributed by atoms with Crippen molar-refractivity contribution in [2.75, 3.05) is 0 Å². The van der Waals surface area contributed by atoms with E-state index in [1.165, 1.54) is 22.5 Å². The second kappa shape index (κ2) is 11.1. The lowest BCUT2D eigenvalue weighted by molar-refractivity contribution is 0.242. The zero-order valence-electron chi connectivity index (χ0n) is 19.4. The highest BCUT2D eigenvalue weighted by atomic mass is 32.1. The molecule has 34 heavy (non-hydrogen) atoms. The molecule has 1 atom stereocenters. The van der Waals surface area contributed by atoms with Crippen LogP contribution in [0.4, 0.5) is 0 Å². The molecule has 1 aromatic carbocycles. The van der Waals surface area contributed by atoms with Crippen molar-refractivity contribution in [2.45, 2.75) is 51.8 Å². The van der Waals surface area contributed by atoms with Gasteiger partial charge in [-0.2, -0.15) is 5.26 Å². The Morgan fingerprint density at radius 3 is 3.03 bits per heavy atom. The Hall–Kier alpha value is -3.54. The first kappa shape index (κ1) is 23.6. The highest BCUT2D eigenvalue weighted by Gasteiger charge is 2.23. The molecule has 0 aliphatic heterocycles. The molecular formula is C26H28N6OS. The fraction of sp³-hybridized carbons (Fsp3) is 0.308. The van der Waals surface area contributed by atoms with Crippen molar-refractivity contribution in [1.29, 1.82) is 5.26 Å². The smallest absolute Gasteiger partial charge is 0.147 e. The first-order valence-electron chi connectivity index (χ1n) is 11.3. The normalized spacial score (nSPS) is 17.2. The van der Waals surface area contributed by atoms with E-state index < -0.39 is 0 Å². The summed E-state index contributed by atoms with van der Waals surface area (Å²) in [6, 6.07) is 8.05. The van der Waals surface area contributed by atoms with Crippen LogP contribution in [-0.4, -0.2) is 32.3 Å². The Kier molecular flexibility index (Phi) is 7.68. The third kappa shape index (κ3) is 5.87. The Balaban J connectivity index is 1.37. The summed E-state index contributed by atoms with van der Waals surface area (Å²) in [7, 11) is 0. The zero-order chi connectivity index (χ0) is 23.9. The van der Waals surface area contributed by atoms with Gasteiger partial charge in [0.1, 0.15) is 27.7 Å². The predicted molar refractivity (Wildman–Crippen MR) is 134 cm³/mol. The van der Waals surface area contributed by atoms with Crippen LogP contribution < -0.4 is 10.1 Å². The number of imidazole rings is 1. The number of rotatable bonds is 9. The number of H-pyrrole nitrogens is 1. The molecule has 1 unspecified atom stereocenters. The molecule has 2 heterocycles. The molecule has 1 aliphatic rings. The zero-order valence-corrected chi connectivity index (χ0v) is 20.2. The topological polar surface area (TPSA) is 99.5 Å². The van der Waals surface area contributed by atoms with E-state index >= 15 is 0 Å². The highest BCUT2D eigenvalue weighted by Crippen LogP contribution is 2.31. The number of allylic oxidation sites excluding steroid dienone is 3. The van der Waals surface area contributed by atoms with E-state index in [1.807, 2.05) is 38.2 Å². The standard InChI is InChI=1S/C26H28N6OS/c1-17(2)33-23-11-9-19(14-20(23)15-27)26-32-31-25(34-26)7-5-4-6-21-18(3)8-10-22(21)30-16-24-28-12-13-29-24/h4-6,9,11-14,17,22,30H,3,7-8,10,16H2,1-2H3,(H,28,29)/b5-4-,21-6+. The second-order valence-corrected chi connectivity index (χ2v) is 9.42. The quantitative estimate of drug-likeness (QED) is 0.448. The van der Waals surface area contributed by atoms with Gasteiger partial charge in [0.25, 0.3) is 0 Å². The molecule has 0 amide bonds. The van der Waals surface area contributed by atoms with E-state index in [2.05, 4.69) is 56.4 Å². The first-order chi connectivity index (χ1) is 16.5. The molecule has 2 N–H and O–H groups in total. The molecule has 8 heteroatoms. The lowest BCUT2D eigenvalue weighted by Gasteiger charge is -2.13. The van der Waals surface area contributed by atoms with Gasteiger partial charge in [0.15, 0.2) is 0 Å². The molecule has 1 fully saturated rings. The van der Waals surface area contributed by atoms with Gasteiger partial charge in [-0.15, -0.1) is 10.2 Å². The minimum absolute atomic E-state index is 0.0105. The van der Waals surface area contributed by atoms with Crippen molar-refractivity contribution >= 4 is 11.3 Å². The minimum Gasteiger partial charge on any atom is -0.490 e. The molecule has 0 spiro atoms. The summed E-state index contributed by atoms with van der Waals surface area (Å²) in [5.74, 6) is 1.52. The second-order valence-electron chi connectivity index (χ2n) is 8.36. The number of hydrogen-bond acceptors (Lipinski definition) is 7. The number of ether oxygens (including phenoxy) is 1. The third-order valence-electron chi connectivity index (χ3n) is 5.47. The number of aromatic amines is 1. The van der Waals surface area contributed by atoms with Crippen LogP contribution in [-0.2, 0) is 13.0 Å². The Morgan fingerprint density at radius 1 is 1.38 bits per heavy atom. The molecule has 3 aromatic rings. The fourth-order valence-corrected chi connectivity index (χ4v) is 4.64. The number of nitrogens with one attached hydrogen (secondary N) is 2. The van der Waals surface area contributed by atoms with Crippen LogP contribution in [0.3, 0.4) is 0 Å². The maximum Gasteiger partial charge on any atom is 0.147 e. The molecule has 0 radical (unpaired) electrons. The Bertz CT molecular complexity index is 1230. The van der Waals surface area contributed by atoms with Gasteiger partial charge in [-0.25, -0.2) is 4.98 Å². The summed E-state index contributed by atoms with van der Waals surface area (Å²) in [5.41, 5.74) is 3.79. The lowest BCUT2D eigenvalue weighted by Crippen LogP contribution is -2.27. The van der Waals surface area contributed by atoms with E-state index in [9.17, 15) is 5.26 Å². The monoisotopic (exact) mass is 472 g/mol. The van der Waals surface area contributed by atoms with Crippen LogP contribution in [0.5, 0.6) is 5.75 Å². The van der Waals surface area contributed by atoms with Crippen molar-refractivity contribution in [3.05, 3.63) is 82.9 Å². The summed E-state index contributed by atoms with van der Waals surface area (Å²) >= 11 is 1.53. The predicted octanol–water partition coefficient (Wildman–Crippen LogP) is 5.12. The van der Waals surface area contributed by atoms with Gasteiger partial charge < -0.3 is 15.0 Å². The van der Waals surface area contributed by atoms with E-state index in [1.54, 1.807) is 6.20 Å². The van der Waals surface area contributed by atoms with Gasteiger partial charge in [-0.3, -0.25) is 0 Å². The lowest BCUT2D eigenvalue weighted by atomic mass is 10.1. The van der Waals surface area contributed by atoms with Crippen LogP contribution in [0.15, 0.2) is 66.5 Å². The van der Waals surface area contributed by atoms with Gasteiger partial charge in [0.05, 0.1) is 18.2 Å². The average molecular weight is 473 g/mol. The van der Waals surface area contributed by atoms with Gasteiger partial charge >= 0.3 is 0 Å². The first-order valence-corrected chi connectivity index (χ1v) is 12.1. The maximum atomic E-state index is 9.47. The molecule has 2 aromatic heterocycles. The van der Waals surface area contributed by atoms with Crippen LogP contribution in [0.2, 0.25) is 0 Å². The van der Waals surface area contributed by atoms with E-state index in [0.717, 1.165) is 34.2 Å². The van der Waals surface area contributed by atoms with E-state index in [0.29, 0.717) is 24.3 Å². The summed E-state index contributed by atoms with van der Waals surface area (Å²) in [6.07, 6.45) is 12.7. The average Bonchev–Trinajstić information content (AvgIpc) is 3.58. The van der Waals surface area contributed by atoms with E-state index in [4.69, 9.17) is 4.74 Å². The molecule has 7 nitrogen and oxygen atoms in total. The van der Waals surface area contributed by atoms with E-state index in [-0.39, 0.29) is 12.1 Å². The minimum atomic E-state index is 0.0105. The van der Waals surface area contributed by atoms with Gasteiger partial charge in [0, 0.05) is 30.4 Å². The van der Waals surface area contributed by atoms with Gasteiger partial charge in [-0.05, 0) is 50.5 Å². The SMILES string of the molecule is C=C1CCC(NCc2ncc[nH]2)/C1=C/C=C\Cc1nnc(-c2ccc(OC(C)C)c(C#N)c2)s1. The molecule has 1 saturated carbocycles. The van der Waals surface area contributed by atoms with Crippen LogP contribution in [0.25, 0.3) is 10.6 Å². The Morgan fingerprint density at radius 2 is 2.26 bits per heavy atom. The number of nitriles is 1. The largest absolute Gasteiger partial charge is 0.490 e. The van der Waals surface area contributed by atoms with Crippen molar-refractivity contribution in [1.82, 2.24) is 25.5 Å². The maximum absolute atomic E-state index is 9.47. The summed E-state index contributed by atoms with van der Waals surface area (Å²) in [6.45, 7) is 8.81. The van der Waals surface area contributed by atoms with Crippen LogP contribution >= 0.6 is 11.3 Å². The van der Waals surface area contributed by atoms with Gasteiger partial charge in [0.2, 0.25) is 0 Å². The number of aromatic nitrogens is 4. The Labute approximate surface area is 203 Å². The summed E-state index contributed by atoms with van der Waals surface area (Å²) in [5, 5.41) is 23.4. The molecule has 174 valence electrons. The van der Waals surface area contributed by atoms with Crippen molar-refractivity contribution in [3.63, 3.8) is 0 Å². The van der Waals surface area contributed by atoms with Crippen molar-refractivity contribution in [3.8, 4) is 22.4 Å². The van der Waals surface area contributed by atoms with Crippen LogP contribution in [0, 0.1) is 11.3 Å². The number of hydrogen-bond donors (Lipinski definition) is 2. The van der Waals surface area contributed by atoms with Crippen molar-refractivity contribution < 1.29 is 4.74 Å². The van der Waals surface area contributed by atoms with Crippen LogP contribution in [0.1, 0.15) is 43.1 Å². The summed E-state index contributed by atoms with van der Waals surface area (Å²) < 4.78 is 5.70. The number of nitrogens with zero attached hydrogens (tertiary/aromatic N) is 4. The third-order valence-corrected chi connectivity index (χ3v) is 6.46. The molecule has 0 bridgehead atoms. The highest BCUT2D eigenvalue weighted by molar-refractivity contribution is 7.14. The number of benzene rings is 1. The molecule has 4 rings (SSSR count). The van der Waals surface area contributed by atoms with Crippen molar-refractivity contribution in [2.24, 2.45) is 0 Å². The molecule has 1 aliphatic carbocycles.